The molecule has 0 radical (unpaired) electrons. The molecule has 0 aliphatic carbocycles. The van der Waals surface area contributed by atoms with Gasteiger partial charge in [0.25, 0.3) is 0 Å². The Kier molecular flexibility index (Phi) is 2.96. The van der Waals surface area contributed by atoms with E-state index in [1.807, 2.05) is 13.1 Å². The zero-order valence-electron chi connectivity index (χ0n) is 9.65. The van der Waals surface area contributed by atoms with Gasteiger partial charge in [-0.2, -0.15) is 0 Å². The predicted octanol–water partition coefficient (Wildman–Crippen LogP) is 2.89. The van der Waals surface area contributed by atoms with E-state index in [9.17, 15) is 0 Å². The lowest BCUT2D eigenvalue weighted by Crippen LogP contribution is -1.98. The summed E-state index contributed by atoms with van der Waals surface area (Å²) in [5, 5.41) is 5.04. The Bertz CT molecular complexity index is 487. The van der Waals surface area contributed by atoms with Crippen molar-refractivity contribution in [1.29, 1.82) is 0 Å². The van der Waals surface area contributed by atoms with Gasteiger partial charge in [-0.05, 0) is 19.3 Å². The molecular weight excluding hydrogens is 222 g/mol. The fourth-order valence-electron chi connectivity index (χ4n) is 1.59. The van der Waals surface area contributed by atoms with E-state index in [0.29, 0.717) is 11.8 Å². The standard InChI is InChI=1S/C11H15N3OS/c1-6(2)4-8-10(14-15-11(8)12)9-5-13-7(3)16-9/h5-6H,4,12H2,1-3H3. The highest BCUT2D eigenvalue weighted by Crippen LogP contribution is 2.32. The Labute approximate surface area is 98.5 Å². The van der Waals surface area contributed by atoms with Crippen LogP contribution in [0.4, 0.5) is 5.88 Å². The van der Waals surface area contributed by atoms with E-state index < -0.39 is 0 Å². The second-order valence-electron chi connectivity index (χ2n) is 4.22. The molecule has 0 spiro atoms. The second kappa shape index (κ2) is 4.25. The van der Waals surface area contributed by atoms with Crippen LogP contribution in [0.5, 0.6) is 0 Å². The Balaban J connectivity index is 2.41. The summed E-state index contributed by atoms with van der Waals surface area (Å²) in [6.45, 7) is 6.27. The summed E-state index contributed by atoms with van der Waals surface area (Å²) < 4.78 is 5.07. The topological polar surface area (TPSA) is 64.9 Å². The molecule has 0 saturated heterocycles. The van der Waals surface area contributed by atoms with Crippen molar-refractivity contribution in [1.82, 2.24) is 10.1 Å². The first-order valence-corrected chi connectivity index (χ1v) is 6.06. The van der Waals surface area contributed by atoms with Crippen LogP contribution in [-0.4, -0.2) is 10.1 Å². The molecule has 0 saturated carbocycles. The van der Waals surface area contributed by atoms with Crippen LogP contribution in [-0.2, 0) is 6.42 Å². The number of nitrogens with zero attached hydrogens (tertiary/aromatic N) is 2. The van der Waals surface area contributed by atoms with Crippen LogP contribution < -0.4 is 5.73 Å². The van der Waals surface area contributed by atoms with Crippen LogP contribution in [0.2, 0.25) is 0 Å². The number of nitrogen functional groups attached to an aromatic ring is 1. The highest BCUT2D eigenvalue weighted by Gasteiger charge is 2.17. The van der Waals surface area contributed by atoms with E-state index in [0.717, 1.165) is 27.6 Å². The number of hydrogen-bond donors (Lipinski definition) is 1. The van der Waals surface area contributed by atoms with E-state index in [1.54, 1.807) is 11.3 Å². The SMILES string of the molecule is Cc1ncc(-c2noc(N)c2CC(C)C)s1. The third-order valence-electron chi connectivity index (χ3n) is 2.29. The molecule has 2 N–H and O–H groups in total. The van der Waals surface area contributed by atoms with Crippen LogP contribution in [0.3, 0.4) is 0 Å². The van der Waals surface area contributed by atoms with Crippen LogP contribution >= 0.6 is 11.3 Å². The minimum absolute atomic E-state index is 0.426. The van der Waals surface area contributed by atoms with Gasteiger partial charge < -0.3 is 10.3 Å². The number of aryl methyl sites for hydroxylation is 1. The molecule has 5 heteroatoms. The molecule has 0 atom stereocenters. The number of aromatic nitrogens is 2. The maximum Gasteiger partial charge on any atom is 0.225 e. The molecule has 0 bridgehead atoms. The molecule has 0 amide bonds. The number of anilines is 1. The summed E-state index contributed by atoms with van der Waals surface area (Å²) in [5.41, 5.74) is 7.63. The Morgan fingerprint density at radius 1 is 1.50 bits per heavy atom. The first kappa shape index (κ1) is 11.1. The van der Waals surface area contributed by atoms with Crippen molar-refractivity contribution in [3.05, 3.63) is 16.8 Å². The molecule has 2 heterocycles. The van der Waals surface area contributed by atoms with Crippen molar-refractivity contribution in [3.63, 3.8) is 0 Å². The quantitative estimate of drug-likeness (QED) is 0.891. The second-order valence-corrected chi connectivity index (χ2v) is 5.45. The zero-order chi connectivity index (χ0) is 11.7. The highest BCUT2D eigenvalue weighted by molar-refractivity contribution is 7.15. The van der Waals surface area contributed by atoms with Gasteiger partial charge in [0.05, 0.1) is 9.88 Å². The Morgan fingerprint density at radius 2 is 2.25 bits per heavy atom. The monoisotopic (exact) mass is 237 g/mol. The largest absolute Gasteiger partial charge is 0.367 e. The van der Waals surface area contributed by atoms with E-state index in [1.165, 1.54) is 0 Å². The molecule has 0 aromatic carbocycles. The average Bonchev–Trinajstić information content (AvgIpc) is 2.75. The third kappa shape index (κ3) is 2.09. The van der Waals surface area contributed by atoms with Gasteiger partial charge in [-0.25, -0.2) is 4.98 Å². The Morgan fingerprint density at radius 3 is 2.81 bits per heavy atom. The van der Waals surface area contributed by atoms with Crippen molar-refractivity contribution in [2.45, 2.75) is 27.2 Å². The lowest BCUT2D eigenvalue weighted by molar-refractivity contribution is 0.438. The molecular formula is C11H15N3OS. The lowest BCUT2D eigenvalue weighted by Gasteiger charge is -2.03. The van der Waals surface area contributed by atoms with Crippen molar-refractivity contribution < 1.29 is 4.52 Å². The molecule has 0 aliphatic heterocycles. The number of nitrogens with two attached hydrogens (primary N) is 1. The molecule has 16 heavy (non-hydrogen) atoms. The molecule has 0 fully saturated rings. The van der Waals surface area contributed by atoms with Gasteiger partial charge in [-0.1, -0.05) is 19.0 Å². The molecule has 0 unspecified atom stereocenters. The fourth-order valence-corrected chi connectivity index (χ4v) is 2.38. The average molecular weight is 237 g/mol. The smallest absolute Gasteiger partial charge is 0.225 e. The van der Waals surface area contributed by atoms with Crippen molar-refractivity contribution in [2.75, 3.05) is 5.73 Å². The first-order chi connectivity index (χ1) is 7.58. The van der Waals surface area contributed by atoms with E-state index in [-0.39, 0.29) is 0 Å². The summed E-state index contributed by atoms with van der Waals surface area (Å²) >= 11 is 1.61. The summed E-state index contributed by atoms with van der Waals surface area (Å²) in [7, 11) is 0. The van der Waals surface area contributed by atoms with Crippen LogP contribution in [0.15, 0.2) is 10.7 Å². The fraction of sp³-hybridized carbons (Fsp3) is 0.455. The number of hydrogen-bond acceptors (Lipinski definition) is 5. The normalized spacial score (nSPS) is 11.2. The summed E-state index contributed by atoms with van der Waals surface area (Å²) in [4.78, 5) is 5.24. The maximum absolute atomic E-state index is 5.79. The van der Waals surface area contributed by atoms with Crippen molar-refractivity contribution in [3.8, 4) is 10.6 Å². The van der Waals surface area contributed by atoms with Crippen LogP contribution in [0.1, 0.15) is 24.4 Å². The molecule has 0 aliphatic rings. The van der Waals surface area contributed by atoms with Gasteiger partial charge in [0.2, 0.25) is 5.88 Å². The minimum atomic E-state index is 0.426. The third-order valence-corrected chi connectivity index (χ3v) is 3.21. The number of rotatable bonds is 3. The maximum atomic E-state index is 5.79. The van der Waals surface area contributed by atoms with Gasteiger partial charge in [0, 0.05) is 11.8 Å². The molecule has 4 nitrogen and oxygen atoms in total. The molecule has 86 valence electrons. The molecule has 2 aromatic heterocycles. The highest BCUT2D eigenvalue weighted by atomic mass is 32.1. The van der Waals surface area contributed by atoms with E-state index >= 15 is 0 Å². The number of thiazole rings is 1. The van der Waals surface area contributed by atoms with E-state index in [2.05, 4.69) is 24.0 Å². The van der Waals surface area contributed by atoms with Gasteiger partial charge in [0.15, 0.2) is 0 Å². The van der Waals surface area contributed by atoms with Gasteiger partial charge >= 0.3 is 0 Å². The van der Waals surface area contributed by atoms with Crippen molar-refractivity contribution >= 4 is 17.2 Å². The minimum Gasteiger partial charge on any atom is -0.367 e. The van der Waals surface area contributed by atoms with Crippen LogP contribution in [0, 0.1) is 12.8 Å². The molecule has 2 aromatic rings. The van der Waals surface area contributed by atoms with Gasteiger partial charge in [-0.3, -0.25) is 0 Å². The summed E-state index contributed by atoms with van der Waals surface area (Å²) in [6.07, 6.45) is 2.70. The van der Waals surface area contributed by atoms with Crippen LogP contribution in [0.25, 0.3) is 10.6 Å². The zero-order valence-corrected chi connectivity index (χ0v) is 10.5. The first-order valence-electron chi connectivity index (χ1n) is 5.24. The van der Waals surface area contributed by atoms with Crippen molar-refractivity contribution in [2.24, 2.45) is 5.92 Å². The Hall–Kier alpha value is -1.36. The summed E-state index contributed by atoms with van der Waals surface area (Å²) in [6, 6.07) is 0. The summed E-state index contributed by atoms with van der Waals surface area (Å²) in [5.74, 6) is 0.948. The van der Waals surface area contributed by atoms with Gasteiger partial charge in [0.1, 0.15) is 5.69 Å². The molecule has 2 rings (SSSR count). The predicted molar refractivity (Wildman–Crippen MR) is 65.3 cm³/mol. The van der Waals surface area contributed by atoms with Gasteiger partial charge in [-0.15, -0.1) is 11.3 Å². The van der Waals surface area contributed by atoms with E-state index in [4.69, 9.17) is 10.3 Å². The lowest BCUT2D eigenvalue weighted by atomic mass is 10.0.